The third-order valence-corrected chi connectivity index (χ3v) is 17.0. The Hall–Kier alpha value is -1.65. The Kier molecular flexibility index (Phi) is 4.89. The van der Waals surface area contributed by atoms with E-state index in [0.717, 1.165) is 0 Å². The van der Waals surface area contributed by atoms with Crippen molar-refractivity contribution in [1.82, 2.24) is 0 Å². The third-order valence-electron chi connectivity index (χ3n) is 4.78. The van der Waals surface area contributed by atoms with E-state index < -0.39 is 21.6 Å². The predicted molar refractivity (Wildman–Crippen MR) is 124 cm³/mol. The van der Waals surface area contributed by atoms with Gasteiger partial charge in [-0.2, -0.15) is 0 Å². The van der Waals surface area contributed by atoms with Gasteiger partial charge in [-0.1, -0.05) is 91.0 Å². The molecule has 138 valence electrons. The van der Waals surface area contributed by atoms with E-state index in [0.29, 0.717) is 0 Å². The van der Waals surface area contributed by atoms with Crippen molar-refractivity contribution in [3.63, 3.8) is 0 Å². The molecule has 0 amide bonds. The van der Waals surface area contributed by atoms with Crippen molar-refractivity contribution >= 4 is 37.5 Å². The Morgan fingerprint density at radius 3 is 0.852 bits per heavy atom. The first-order valence-corrected chi connectivity index (χ1v) is 15.4. The smallest absolute Gasteiger partial charge is 0.106 e. The average molecular weight is 411 g/mol. The zero-order valence-electron chi connectivity index (χ0n) is 15.8. The Balaban J connectivity index is 2.07. The number of hydrogen-bond acceptors (Lipinski definition) is 3. The van der Waals surface area contributed by atoms with E-state index in [2.05, 4.69) is 111 Å². The quantitative estimate of drug-likeness (QED) is 0.459. The molecule has 3 aromatic carbocycles. The lowest BCUT2D eigenvalue weighted by atomic mass is 10.4. The van der Waals surface area contributed by atoms with Gasteiger partial charge in [0.1, 0.15) is 21.6 Å². The zero-order valence-corrected chi connectivity index (χ0v) is 18.5. The summed E-state index contributed by atoms with van der Waals surface area (Å²) in [7, 11) is -6.10. The molecule has 4 rings (SSSR count). The number of nitrogens with zero attached hydrogens (tertiary/aromatic N) is 3. The van der Waals surface area contributed by atoms with Crippen LogP contribution in [-0.2, 0) is 0 Å². The maximum atomic E-state index is 5.42. The van der Waals surface area contributed by atoms with Gasteiger partial charge in [-0.15, -0.1) is 0 Å². The van der Waals surface area contributed by atoms with E-state index in [-0.39, 0.29) is 0 Å². The van der Waals surface area contributed by atoms with Crippen molar-refractivity contribution in [2.75, 3.05) is 20.0 Å². The second kappa shape index (κ2) is 7.06. The number of rotatable bonds is 3. The van der Waals surface area contributed by atoms with Gasteiger partial charge in [0.2, 0.25) is 0 Å². The van der Waals surface area contributed by atoms with Crippen LogP contribution in [0.2, 0.25) is 0 Å². The largest absolute Gasteiger partial charge is 0.232 e. The molecule has 3 aromatic rings. The molecule has 1 heterocycles. The van der Waals surface area contributed by atoms with Crippen molar-refractivity contribution in [2.45, 2.75) is 0 Å². The van der Waals surface area contributed by atoms with Gasteiger partial charge >= 0.3 is 0 Å². The first kappa shape index (κ1) is 18.7. The molecule has 27 heavy (non-hydrogen) atoms. The van der Waals surface area contributed by atoms with E-state index in [4.69, 9.17) is 13.5 Å². The summed E-state index contributed by atoms with van der Waals surface area (Å²) in [4.78, 5) is 0. The molecule has 3 nitrogen and oxygen atoms in total. The van der Waals surface area contributed by atoms with Crippen LogP contribution >= 0.6 is 21.6 Å². The van der Waals surface area contributed by atoms with E-state index >= 15 is 0 Å². The van der Waals surface area contributed by atoms with Crippen molar-refractivity contribution in [3.8, 4) is 0 Å². The first-order valence-electron chi connectivity index (χ1n) is 8.94. The van der Waals surface area contributed by atoms with Gasteiger partial charge in [-0.25, -0.2) is 13.5 Å². The standard InChI is InChI=1S/C21H24N3P3/c1-25(19-13-7-4-8-14-19)22-26(2,20-15-9-5-10-16-20)24-27(3,23-25)21-17-11-6-12-18-21/h4-18H,1-3H3. The fourth-order valence-electron chi connectivity index (χ4n) is 3.51. The highest BCUT2D eigenvalue weighted by Crippen LogP contribution is 2.73. The molecule has 0 aliphatic carbocycles. The maximum absolute atomic E-state index is 5.42. The normalized spacial score (nSPS) is 29.9. The van der Waals surface area contributed by atoms with E-state index in [1.165, 1.54) is 15.9 Å². The average Bonchev–Trinajstić information content (AvgIpc) is 2.69. The van der Waals surface area contributed by atoms with Gasteiger partial charge in [0.25, 0.3) is 0 Å². The van der Waals surface area contributed by atoms with Gasteiger partial charge < -0.3 is 0 Å². The second-order valence-corrected chi connectivity index (χ2v) is 16.2. The molecular weight excluding hydrogens is 387 g/mol. The van der Waals surface area contributed by atoms with Crippen LogP contribution in [0, 0.1) is 0 Å². The van der Waals surface area contributed by atoms with Crippen LogP contribution in [-0.4, -0.2) is 20.0 Å². The minimum atomic E-state index is -2.03. The third kappa shape index (κ3) is 3.57. The van der Waals surface area contributed by atoms with Crippen molar-refractivity contribution in [1.29, 1.82) is 0 Å². The van der Waals surface area contributed by atoms with Gasteiger partial charge in [-0.05, 0) is 20.0 Å². The molecule has 0 radical (unpaired) electrons. The summed E-state index contributed by atoms with van der Waals surface area (Å²) in [6.07, 6.45) is 0. The minimum Gasteiger partial charge on any atom is -0.232 e. The Labute approximate surface area is 162 Å². The Bertz CT molecular complexity index is 958. The summed E-state index contributed by atoms with van der Waals surface area (Å²) in [5.41, 5.74) is 0. The van der Waals surface area contributed by atoms with Gasteiger partial charge in [-0.3, -0.25) is 0 Å². The van der Waals surface area contributed by atoms with Gasteiger partial charge in [0.15, 0.2) is 0 Å². The van der Waals surface area contributed by atoms with Crippen LogP contribution < -0.4 is 15.9 Å². The Morgan fingerprint density at radius 2 is 0.630 bits per heavy atom. The molecule has 0 aromatic heterocycles. The lowest BCUT2D eigenvalue weighted by Gasteiger charge is -2.33. The topological polar surface area (TPSA) is 37.1 Å². The monoisotopic (exact) mass is 411 g/mol. The van der Waals surface area contributed by atoms with Crippen LogP contribution in [0.4, 0.5) is 0 Å². The highest BCUT2D eigenvalue weighted by atomic mass is 31.2. The van der Waals surface area contributed by atoms with Crippen LogP contribution in [0.1, 0.15) is 0 Å². The molecule has 1 aliphatic rings. The predicted octanol–water partition coefficient (Wildman–Crippen LogP) is 6.21. The highest BCUT2D eigenvalue weighted by molar-refractivity contribution is 7.93. The van der Waals surface area contributed by atoms with E-state index in [9.17, 15) is 0 Å². The Morgan fingerprint density at radius 1 is 0.407 bits per heavy atom. The van der Waals surface area contributed by atoms with E-state index in [1.807, 2.05) is 0 Å². The lowest BCUT2D eigenvalue weighted by Crippen LogP contribution is -2.11. The van der Waals surface area contributed by atoms with Gasteiger partial charge in [0.05, 0.1) is 0 Å². The first-order chi connectivity index (χ1) is 12.9. The van der Waals surface area contributed by atoms with Crippen molar-refractivity contribution in [2.24, 2.45) is 13.5 Å². The molecular formula is C21H24N3P3. The summed E-state index contributed by atoms with van der Waals surface area (Å²) >= 11 is 0. The zero-order chi connectivity index (χ0) is 19.0. The second-order valence-electron chi connectivity index (χ2n) is 7.01. The highest BCUT2D eigenvalue weighted by Gasteiger charge is 2.32. The summed E-state index contributed by atoms with van der Waals surface area (Å²) < 4.78 is 16.3. The molecule has 0 bridgehead atoms. The van der Waals surface area contributed by atoms with E-state index in [1.54, 1.807) is 0 Å². The van der Waals surface area contributed by atoms with Crippen LogP contribution in [0.5, 0.6) is 0 Å². The van der Waals surface area contributed by atoms with Crippen LogP contribution in [0.25, 0.3) is 0 Å². The fraction of sp³-hybridized carbons (Fsp3) is 0.143. The number of hydrogen-bond donors (Lipinski definition) is 0. The molecule has 0 saturated heterocycles. The SMILES string of the molecule is CP1(c2ccccc2)=NP(C)(c2ccccc2)=NP(C)(c2ccccc2)=N1. The lowest BCUT2D eigenvalue weighted by molar-refractivity contribution is 1.61. The molecule has 0 N–H and O–H groups in total. The summed E-state index contributed by atoms with van der Waals surface area (Å²) in [6, 6.07) is 31.8. The van der Waals surface area contributed by atoms with Crippen LogP contribution in [0.15, 0.2) is 105 Å². The molecule has 6 heteroatoms. The molecule has 0 unspecified atom stereocenters. The van der Waals surface area contributed by atoms with Crippen LogP contribution in [0.3, 0.4) is 0 Å². The maximum Gasteiger partial charge on any atom is 0.106 e. The molecule has 0 atom stereocenters. The van der Waals surface area contributed by atoms with Crippen molar-refractivity contribution < 1.29 is 0 Å². The minimum absolute atomic E-state index is 1.24. The number of benzene rings is 3. The van der Waals surface area contributed by atoms with Crippen molar-refractivity contribution in [3.05, 3.63) is 91.0 Å². The summed E-state index contributed by atoms with van der Waals surface area (Å²) in [6.45, 7) is 6.75. The summed E-state index contributed by atoms with van der Waals surface area (Å²) in [5, 5.41) is 3.72. The molecule has 0 fully saturated rings. The molecule has 0 spiro atoms. The summed E-state index contributed by atoms with van der Waals surface area (Å²) in [5.74, 6) is 0. The molecule has 1 aliphatic heterocycles. The van der Waals surface area contributed by atoms with Gasteiger partial charge in [0, 0.05) is 15.9 Å². The molecule has 0 saturated carbocycles. The fourth-order valence-corrected chi connectivity index (χ4v) is 17.7.